The van der Waals surface area contributed by atoms with Crippen LogP contribution < -0.4 is 0 Å². The first-order chi connectivity index (χ1) is 11.7. The molecule has 0 unspecified atom stereocenters. The minimum absolute atomic E-state index is 0.00930. The monoisotopic (exact) mass is 327 g/mol. The lowest BCUT2D eigenvalue weighted by atomic mass is 10.1. The highest BCUT2D eigenvalue weighted by Gasteiger charge is 2.10. The van der Waals surface area contributed by atoms with Crippen molar-refractivity contribution in [3.63, 3.8) is 0 Å². The number of rotatable bonds is 6. The summed E-state index contributed by atoms with van der Waals surface area (Å²) in [4.78, 5) is 12.6. The number of aliphatic hydroxyl groups excluding tert-OH is 1. The molecule has 0 fully saturated rings. The second kappa shape index (κ2) is 7.10. The van der Waals surface area contributed by atoms with E-state index in [1.165, 1.54) is 4.80 Å². The number of fused-ring (bicyclic) bond motifs is 1. The molecule has 0 saturated carbocycles. The third-order valence-corrected chi connectivity index (χ3v) is 3.51. The van der Waals surface area contributed by atoms with Crippen LogP contribution in [0.5, 0.6) is 5.75 Å². The topological polar surface area (TPSA) is 97.5 Å². The Balaban J connectivity index is 1.77. The number of carbonyl (C=O) groups is 1. The highest BCUT2D eigenvalue weighted by molar-refractivity contribution is 5.73. The molecule has 0 atom stereocenters. The van der Waals surface area contributed by atoms with Gasteiger partial charge in [0.2, 0.25) is 0 Å². The summed E-state index contributed by atoms with van der Waals surface area (Å²) in [5, 5.41) is 27.4. The van der Waals surface area contributed by atoms with Gasteiger partial charge in [-0.15, -0.1) is 15.0 Å². The van der Waals surface area contributed by atoms with Gasteiger partial charge in [0.05, 0.1) is 19.6 Å². The van der Waals surface area contributed by atoms with E-state index >= 15 is 0 Å². The van der Waals surface area contributed by atoms with Crippen molar-refractivity contribution in [2.75, 3.05) is 13.2 Å². The molecule has 7 nitrogen and oxygen atoms in total. The Morgan fingerprint density at radius 3 is 2.50 bits per heavy atom. The van der Waals surface area contributed by atoms with Crippen molar-refractivity contribution < 1.29 is 19.7 Å². The summed E-state index contributed by atoms with van der Waals surface area (Å²) in [5.41, 5.74) is 2.81. The van der Waals surface area contributed by atoms with Gasteiger partial charge < -0.3 is 14.9 Å². The van der Waals surface area contributed by atoms with E-state index in [2.05, 4.69) is 10.2 Å². The average molecular weight is 327 g/mol. The molecule has 0 aliphatic rings. The fourth-order valence-corrected chi connectivity index (χ4v) is 2.30. The third-order valence-electron chi connectivity index (χ3n) is 3.51. The van der Waals surface area contributed by atoms with Gasteiger partial charge in [-0.05, 0) is 29.8 Å². The van der Waals surface area contributed by atoms with E-state index in [4.69, 9.17) is 9.84 Å². The Labute approximate surface area is 138 Å². The summed E-state index contributed by atoms with van der Waals surface area (Å²) in [6.07, 6.45) is 0.482. The van der Waals surface area contributed by atoms with Crippen LogP contribution in [0, 0.1) is 0 Å². The van der Waals surface area contributed by atoms with E-state index in [0.717, 1.165) is 16.6 Å². The molecular weight excluding hydrogens is 310 g/mol. The van der Waals surface area contributed by atoms with Gasteiger partial charge >= 0.3 is 5.97 Å². The number of carbonyl (C=O) groups excluding carboxylic acids is 1. The zero-order valence-electron chi connectivity index (χ0n) is 12.9. The van der Waals surface area contributed by atoms with Crippen molar-refractivity contribution in [1.29, 1.82) is 0 Å². The Morgan fingerprint density at radius 2 is 1.83 bits per heavy atom. The lowest BCUT2D eigenvalue weighted by molar-refractivity contribution is -0.144. The number of benzene rings is 2. The van der Waals surface area contributed by atoms with E-state index in [1.807, 2.05) is 24.3 Å². The van der Waals surface area contributed by atoms with Crippen LogP contribution in [-0.2, 0) is 16.0 Å². The lowest BCUT2D eigenvalue weighted by Crippen LogP contribution is -2.09. The minimum atomic E-state index is -0.434. The van der Waals surface area contributed by atoms with E-state index in [0.29, 0.717) is 12.1 Å². The van der Waals surface area contributed by atoms with Crippen LogP contribution in [0.25, 0.3) is 16.7 Å². The van der Waals surface area contributed by atoms with Crippen LogP contribution in [0.4, 0.5) is 0 Å². The fraction of sp³-hybridized carbons (Fsp3) is 0.235. The summed E-state index contributed by atoms with van der Waals surface area (Å²) < 4.78 is 5.01. The molecule has 0 bridgehead atoms. The average Bonchev–Trinajstić information content (AvgIpc) is 3.00. The summed E-state index contributed by atoms with van der Waals surface area (Å²) >= 11 is 0. The number of nitrogens with zero attached hydrogens (tertiary/aromatic N) is 3. The van der Waals surface area contributed by atoms with Gasteiger partial charge in [0.25, 0.3) is 0 Å². The predicted molar refractivity (Wildman–Crippen MR) is 86.9 cm³/mol. The quantitative estimate of drug-likeness (QED) is 0.667. The maximum Gasteiger partial charge on any atom is 0.308 e. The maximum absolute atomic E-state index is 11.2. The summed E-state index contributed by atoms with van der Waals surface area (Å²) in [7, 11) is 0. The summed E-state index contributed by atoms with van der Waals surface area (Å²) in [6, 6.07) is 12.5. The van der Waals surface area contributed by atoms with Crippen LogP contribution in [0.15, 0.2) is 42.5 Å². The molecule has 124 valence electrons. The fourth-order valence-electron chi connectivity index (χ4n) is 2.30. The SMILES string of the molecule is O=C(CCO)OCCc1ccc(O)c(-n2nc3ccccc3n2)c1. The molecule has 2 N–H and O–H groups in total. The second-order valence-corrected chi connectivity index (χ2v) is 5.25. The van der Waals surface area contributed by atoms with Gasteiger partial charge in [0, 0.05) is 6.42 Å². The van der Waals surface area contributed by atoms with Crippen molar-refractivity contribution in [3.05, 3.63) is 48.0 Å². The number of phenolic OH excluding ortho intramolecular Hbond substituents is 1. The number of aromatic hydroxyl groups is 1. The Morgan fingerprint density at radius 1 is 1.12 bits per heavy atom. The van der Waals surface area contributed by atoms with Crippen LogP contribution in [0.3, 0.4) is 0 Å². The number of ether oxygens (including phenoxy) is 1. The van der Waals surface area contributed by atoms with E-state index < -0.39 is 5.97 Å². The maximum atomic E-state index is 11.2. The second-order valence-electron chi connectivity index (χ2n) is 5.25. The molecule has 2 aromatic carbocycles. The molecule has 7 heteroatoms. The van der Waals surface area contributed by atoms with Crippen molar-refractivity contribution in [2.45, 2.75) is 12.8 Å². The third kappa shape index (κ3) is 3.52. The number of aromatic nitrogens is 3. The van der Waals surface area contributed by atoms with Gasteiger partial charge in [0.15, 0.2) is 0 Å². The van der Waals surface area contributed by atoms with Crippen molar-refractivity contribution in [3.8, 4) is 11.4 Å². The Bertz CT molecular complexity index is 827. The zero-order chi connectivity index (χ0) is 16.9. The number of phenols is 1. The standard InChI is InChI=1S/C17H17N3O4/c21-9-7-17(23)24-10-8-12-5-6-16(22)15(11-12)20-18-13-3-1-2-4-14(13)19-20/h1-6,11,21-22H,7-10H2. The number of esters is 1. The molecule has 3 rings (SSSR count). The molecule has 3 aromatic rings. The zero-order valence-corrected chi connectivity index (χ0v) is 12.9. The molecular formula is C17H17N3O4. The highest BCUT2D eigenvalue weighted by atomic mass is 16.5. The first-order valence-electron chi connectivity index (χ1n) is 7.58. The van der Waals surface area contributed by atoms with Crippen LogP contribution in [0.1, 0.15) is 12.0 Å². The Kier molecular flexibility index (Phi) is 4.72. The van der Waals surface area contributed by atoms with E-state index in [9.17, 15) is 9.90 Å². The van der Waals surface area contributed by atoms with Crippen molar-refractivity contribution in [1.82, 2.24) is 15.0 Å². The summed E-state index contributed by atoms with van der Waals surface area (Å²) in [6.45, 7) is -0.0156. The first kappa shape index (κ1) is 15.9. The molecule has 0 radical (unpaired) electrons. The van der Waals surface area contributed by atoms with Gasteiger partial charge in [-0.25, -0.2) is 0 Å². The lowest BCUT2D eigenvalue weighted by Gasteiger charge is -2.07. The van der Waals surface area contributed by atoms with E-state index in [-0.39, 0.29) is 25.4 Å². The van der Waals surface area contributed by atoms with Crippen LogP contribution >= 0.6 is 0 Å². The van der Waals surface area contributed by atoms with Crippen LogP contribution in [-0.4, -0.2) is 44.4 Å². The smallest absolute Gasteiger partial charge is 0.308 e. The summed E-state index contributed by atoms with van der Waals surface area (Å²) in [5.74, 6) is -0.368. The van der Waals surface area contributed by atoms with Crippen molar-refractivity contribution in [2.24, 2.45) is 0 Å². The molecule has 0 aliphatic heterocycles. The number of aliphatic hydroxyl groups is 1. The largest absolute Gasteiger partial charge is 0.506 e. The molecule has 1 heterocycles. The first-order valence-corrected chi connectivity index (χ1v) is 7.58. The van der Waals surface area contributed by atoms with Gasteiger partial charge in [-0.3, -0.25) is 4.79 Å². The normalized spacial score (nSPS) is 10.9. The van der Waals surface area contributed by atoms with Crippen LogP contribution in [0.2, 0.25) is 0 Å². The van der Waals surface area contributed by atoms with Crippen molar-refractivity contribution >= 4 is 17.0 Å². The Hall–Kier alpha value is -2.93. The predicted octanol–water partition coefficient (Wildman–Crippen LogP) is 1.59. The molecule has 0 amide bonds. The van der Waals surface area contributed by atoms with Gasteiger partial charge in [-0.2, -0.15) is 0 Å². The van der Waals surface area contributed by atoms with Gasteiger partial charge in [-0.1, -0.05) is 18.2 Å². The molecule has 0 spiro atoms. The van der Waals surface area contributed by atoms with E-state index in [1.54, 1.807) is 18.2 Å². The molecule has 0 saturated heterocycles. The number of hydrogen-bond donors (Lipinski definition) is 2. The minimum Gasteiger partial charge on any atom is -0.506 e. The highest BCUT2D eigenvalue weighted by Crippen LogP contribution is 2.23. The molecule has 1 aromatic heterocycles. The molecule has 0 aliphatic carbocycles. The van der Waals surface area contributed by atoms with Gasteiger partial charge in [0.1, 0.15) is 22.5 Å². The number of hydrogen-bond acceptors (Lipinski definition) is 6. The molecule has 24 heavy (non-hydrogen) atoms.